The first-order valence-corrected chi connectivity index (χ1v) is 9.73. The molecule has 0 unspecified atom stereocenters. The van der Waals surface area contributed by atoms with Crippen LogP contribution in [0, 0.1) is 20.8 Å². The summed E-state index contributed by atoms with van der Waals surface area (Å²) < 4.78 is 1.93. The van der Waals surface area contributed by atoms with Crippen LogP contribution in [0.3, 0.4) is 0 Å². The van der Waals surface area contributed by atoms with Gasteiger partial charge in [-0.25, -0.2) is 9.48 Å². The number of para-hydroxylation sites is 1. The number of rotatable bonds is 7. The van der Waals surface area contributed by atoms with E-state index in [4.69, 9.17) is 0 Å². The summed E-state index contributed by atoms with van der Waals surface area (Å²) in [6.45, 7) is 6.77. The number of nitrogens with zero attached hydrogens (tertiary/aromatic N) is 4. The van der Waals surface area contributed by atoms with Crippen LogP contribution in [0.15, 0.2) is 24.3 Å². The van der Waals surface area contributed by atoms with Crippen LogP contribution in [0.1, 0.15) is 35.4 Å². The fourth-order valence-electron chi connectivity index (χ4n) is 3.53. The van der Waals surface area contributed by atoms with Crippen molar-refractivity contribution in [2.75, 3.05) is 20.1 Å². The fraction of sp³-hybridized carbons (Fsp3) is 0.429. The van der Waals surface area contributed by atoms with Gasteiger partial charge in [-0.1, -0.05) is 18.2 Å². The van der Waals surface area contributed by atoms with Crippen molar-refractivity contribution in [2.24, 2.45) is 0 Å². The lowest BCUT2D eigenvalue weighted by atomic mass is 10.1. The Morgan fingerprint density at radius 3 is 2.59 bits per heavy atom. The summed E-state index contributed by atoms with van der Waals surface area (Å²) in [6.07, 6.45) is 0.723. The molecule has 1 aromatic carbocycles. The average Bonchev–Trinajstić information content (AvgIpc) is 3.15. The number of hydrogen-bond acceptors (Lipinski definition) is 4. The van der Waals surface area contributed by atoms with Crippen LogP contribution in [0.5, 0.6) is 0 Å². The molecule has 0 radical (unpaired) electrons. The number of aromatic nitrogens is 2. The Bertz CT molecular complexity index is 934. The third-order valence-corrected chi connectivity index (χ3v) is 5.32. The van der Waals surface area contributed by atoms with Crippen molar-refractivity contribution in [2.45, 2.75) is 40.2 Å². The summed E-state index contributed by atoms with van der Waals surface area (Å²) in [5.41, 5.74) is 5.09. The maximum absolute atomic E-state index is 12.5. The molecule has 0 saturated carbocycles. The highest BCUT2D eigenvalue weighted by atomic mass is 16.2. The van der Waals surface area contributed by atoms with Gasteiger partial charge in [0, 0.05) is 37.8 Å². The Balaban J connectivity index is 1.62. The number of amides is 4. The molecule has 0 bridgehead atoms. The van der Waals surface area contributed by atoms with Crippen molar-refractivity contribution in [1.82, 2.24) is 24.9 Å². The van der Waals surface area contributed by atoms with Gasteiger partial charge in [-0.15, -0.1) is 0 Å². The van der Waals surface area contributed by atoms with E-state index in [2.05, 4.69) is 10.4 Å². The van der Waals surface area contributed by atoms with Crippen molar-refractivity contribution >= 4 is 17.8 Å². The van der Waals surface area contributed by atoms with Crippen LogP contribution in [-0.2, 0) is 16.1 Å². The zero-order valence-corrected chi connectivity index (χ0v) is 17.4. The zero-order valence-electron chi connectivity index (χ0n) is 17.4. The Morgan fingerprint density at radius 1 is 1.21 bits per heavy atom. The smallest absolute Gasteiger partial charge is 0.324 e. The first-order valence-electron chi connectivity index (χ1n) is 9.73. The summed E-state index contributed by atoms with van der Waals surface area (Å²) in [5.74, 6) is -0.273. The first-order chi connectivity index (χ1) is 13.8. The van der Waals surface area contributed by atoms with E-state index >= 15 is 0 Å². The normalized spacial score (nSPS) is 13.7. The lowest BCUT2D eigenvalue weighted by molar-refractivity contribution is -0.131. The molecular weight excluding hydrogens is 370 g/mol. The van der Waals surface area contributed by atoms with Gasteiger partial charge in [-0.2, -0.15) is 5.10 Å². The van der Waals surface area contributed by atoms with E-state index in [0.29, 0.717) is 13.0 Å². The van der Waals surface area contributed by atoms with E-state index in [1.54, 1.807) is 11.9 Å². The molecule has 1 aromatic heterocycles. The molecule has 2 heterocycles. The standard InChI is InChI=1S/C21H27N5O3/c1-14-8-5-6-9-18(14)26-16(3)17(15(2)23-26)13-24(4)19(27)10-7-11-25-20(28)12-22-21(25)29/h5-6,8-9H,7,10-13H2,1-4H3,(H,22,29). The number of benzene rings is 1. The molecule has 0 atom stereocenters. The lowest BCUT2D eigenvalue weighted by Crippen LogP contribution is -2.33. The van der Waals surface area contributed by atoms with Crippen molar-refractivity contribution in [3.8, 4) is 5.69 Å². The second-order valence-electron chi connectivity index (χ2n) is 7.41. The Kier molecular flexibility index (Phi) is 6.00. The minimum absolute atomic E-state index is 0.0282. The molecule has 8 nitrogen and oxygen atoms in total. The highest BCUT2D eigenvalue weighted by molar-refractivity contribution is 6.01. The highest BCUT2D eigenvalue weighted by Gasteiger charge is 2.28. The van der Waals surface area contributed by atoms with Crippen molar-refractivity contribution in [3.63, 3.8) is 0 Å². The largest absolute Gasteiger partial charge is 0.341 e. The predicted molar refractivity (Wildman–Crippen MR) is 109 cm³/mol. The van der Waals surface area contributed by atoms with Crippen LogP contribution < -0.4 is 5.32 Å². The van der Waals surface area contributed by atoms with Crippen LogP contribution >= 0.6 is 0 Å². The average molecular weight is 397 g/mol. The van der Waals surface area contributed by atoms with Gasteiger partial charge in [0.05, 0.1) is 17.9 Å². The molecule has 0 aliphatic carbocycles. The summed E-state index contributed by atoms with van der Waals surface area (Å²) in [4.78, 5) is 38.5. The van der Waals surface area contributed by atoms with E-state index in [1.807, 2.05) is 49.7 Å². The van der Waals surface area contributed by atoms with Gasteiger partial charge < -0.3 is 10.2 Å². The third-order valence-electron chi connectivity index (χ3n) is 5.32. The molecule has 29 heavy (non-hydrogen) atoms. The molecule has 8 heteroatoms. The summed E-state index contributed by atoms with van der Waals surface area (Å²) in [5, 5.41) is 7.15. The molecule has 1 saturated heterocycles. The second kappa shape index (κ2) is 8.46. The van der Waals surface area contributed by atoms with Crippen LogP contribution in [0.4, 0.5) is 4.79 Å². The topological polar surface area (TPSA) is 87.5 Å². The Morgan fingerprint density at radius 2 is 1.93 bits per heavy atom. The molecule has 1 N–H and O–H groups in total. The van der Waals surface area contributed by atoms with Gasteiger partial charge in [0.2, 0.25) is 11.8 Å². The van der Waals surface area contributed by atoms with E-state index in [1.165, 1.54) is 0 Å². The van der Waals surface area contributed by atoms with Gasteiger partial charge >= 0.3 is 6.03 Å². The molecule has 154 valence electrons. The van der Waals surface area contributed by atoms with Gasteiger partial charge in [0.15, 0.2) is 0 Å². The number of aryl methyl sites for hydroxylation is 2. The Labute approximate surface area is 170 Å². The first kappa shape index (κ1) is 20.6. The maximum Gasteiger partial charge on any atom is 0.324 e. The predicted octanol–water partition coefficient (Wildman–Crippen LogP) is 2.09. The molecule has 2 aromatic rings. The highest BCUT2D eigenvalue weighted by Crippen LogP contribution is 2.21. The summed E-state index contributed by atoms with van der Waals surface area (Å²) in [7, 11) is 1.76. The number of carbonyl (C=O) groups excluding carboxylic acids is 3. The SMILES string of the molecule is Cc1ccccc1-n1nc(C)c(CN(C)C(=O)CCCN2C(=O)CNC2=O)c1C. The Hall–Kier alpha value is -3.16. The molecule has 1 aliphatic heterocycles. The minimum atomic E-state index is -0.384. The number of nitrogens with one attached hydrogen (secondary N) is 1. The summed E-state index contributed by atoms with van der Waals surface area (Å²) >= 11 is 0. The summed E-state index contributed by atoms with van der Waals surface area (Å²) in [6, 6.07) is 7.68. The number of imide groups is 1. The lowest BCUT2D eigenvalue weighted by Gasteiger charge is -2.18. The molecule has 0 spiro atoms. The molecular formula is C21H27N5O3. The van der Waals surface area contributed by atoms with Gasteiger partial charge in [-0.05, 0) is 38.8 Å². The minimum Gasteiger partial charge on any atom is -0.341 e. The van der Waals surface area contributed by atoms with Gasteiger partial charge in [0.25, 0.3) is 0 Å². The second-order valence-corrected chi connectivity index (χ2v) is 7.41. The fourth-order valence-corrected chi connectivity index (χ4v) is 3.53. The van der Waals surface area contributed by atoms with E-state index in [-0.39, 0.29) is 37.4 Å². The van der Waals surface area contributed by atoms with Crippen molar-refractivity contribution in [1.29, 1.82) is 0 Å². The quantitative estimate of drug-likeness (QED) is 0.725. The van der Waals surface area contributed by atoms with E-state index < -0.39 is 0 Å². The van der Waals surface area contributed by atoms with Gasteiger partial charge in [-0.3, -0.25) is 14.5 Å². The van der Waals surface area contributed by atoms with Gasteiger partial charge in [0.1, 0.15) is 0 Å². The van der Waals surface area contributed by atoms with E-state index in [0.717, 1.165) is 33.1 Å². The van der Waals surface area contributed by atoms with Crippen molar-refractivity contribution in [3.05, 3.63) is 46.8 Å². The molecule has 1 fully saturated rings. The third kappa shape index (κ3) is 4.31. The van der Waals surface area contributed by atoms with Crippen LogP contribution in [-0.4, -0.2) is 57.6 Å². The van der Waals surface area contributed by atoms with Crippen molar-refractivity contribution < 1.29 is 14.4 Å². The molecule has 1 aliphatic rings. The molecule has 4 amide bonds. The van der Waals surface area contributed by atoms with Crippen LogP contribution in [0.2, 0.25) is 0 Å². The van der Waals surface area contributed by atoms with Crippen LogP contribution in [0.25, 0.3) is 5.69 Å². The molecule has 3 rings (SSSR count). The van der Waals surface area contributed by atoms with E-state index in [9.17, 15) is 14.4 Å². The number of hydrogen-bond donors (Lipinski definition) is 1. The number of urea groups is 1. The monoisotopic (exact) mass is 397 g/mol. The maximum atomic E-state index is 12.5. The zero-order chi connectivity index (χ0) is 21.1. The number of carbonyl (C=O) groups is 3.